The number of rotatable bonds is 10. The first-order valence-electron chi connectivity index (χ1n) is 10.6. The van der Waals surface area contributed by atoms with Gasteiger partial charge >= 0.3 is 0 Å². The molecule has 0 saturated carbocycles. The lowest BCUT2D eigenvalue weighted by atomic mass is 10.2. The highest BCUT2D eigenvalue weighted by molar-refractivity contribution is 7.92. The monoisotopic (exact) mass is 502 g/mol. The summed E-state index contributed by atoms with van der Waals surface area (Å²) in [7, 11) is -2.48. The molecule has 0 spiro atoms. The third-order valence-electron chi connectivity index (χ3n) is 5.09. The number of nitrogens with zero attached hydrogens (tertiary/aromatic N) is 1. The second-order valence-corrected chi connectivity index (χ2v) is 9.90. The summed E-state index contributed by atoms with van der Waals surface area (Å²) < 4.78 is 39.0. The molecule has 3 rings (SSSR count). The molecule has 7 nitrogen and oxygen atoms in total. The van der Waals surface area contributed by atoms with E-state index in [4.69, 9.17) is 21.1 Å². The number of sulfonamides is 1. The van der Waals surface area contributed by atoms with Gasteiger partial charge in [0.1, 0.15) is 13.2 Å². The van der Waals surface area contributed by atoms with E-state index < -0.39 is 22.5 Å². The van der Waals surface area contributed by atoms with E-state index in [1.807, 2.05) is 19.1 Å². The number of nitrogens with one attached hydrogen (secondary N) is 1. The van der Waals surface area contributed by atoms with E-state index in [-0.39, 0.29) is 18.0 Å². The van der Waals surface area contributed by atoms with Crippen molar-refractivity contribution in [2.24, 2.45) is 0 Å². The summed E-state index contributed by atoms with van der Waals surface area (Å²) >= 11 is 6.15. The number of hydrogen-bond donors (Lipinski definition) is 1. The number of para-hydroxylation sites is 2. The highest BCUT2D eigenvalue weighted by Gasteiger charge is 2.28. The molecule has 0 unspecified atom stereocenters. The van der Waals surface area contributed by atoms with E-state index in [0.717, 1.165) is 9.87 Å². The third-order valence-corrected chi connectivity index (χ3v) is 7.10. The molecule has 1 N–H and O–H groups in total. The normalized spacial score (nSPS) is 11.1. The Balaban J connectivity index is 1.75. The number of carbonyl (C=O) groups is 1. The Morgan fingerprint density at radius 2 is 1.68 bits per heavy atom. The number of hydrogen-bond acceptors (Lipinski definition) is 5. The van der Waals surface area contributed by atoms with Gasteiger partial charge in [-0.1, -0.05) is 47.5 Å². The smallest absolute Gasteiger partial charge is 0.264 e. The minimum atomic E-state index is -4.02. The Morgan fingerprint density at radius 3 is 2.35 bits per heavy atom. The van der Waals surface area contributed by atoms with Gasteiger partial charge in [-0.25, -0.2) is 8.42 Å². The van der Waals surface area contributed by atoms with Crippen molar-refractivity contribution in [3.05, 3.63) is 82.9 Å². The number of ether oxygens (including phenoxy) is 2. The Labute approximate surface area is 205 Å². The fourth-order valence-electron chi connectivity index (χ4n) is 3.26. The van der Waals surface area contributed by atoms with Gasteiger partial charge in [-0.3, -0.25) is 9.10 Å². The minimum Gasteiger partial charge on any atom is -0.493 e. The maximum Gasteiger partial charge on any atom is 0.264 e. The first-order valence-corrected chi connectivity index (χ1v) is 12.4. The SMILES string of the molecule is COc1ccccc1OCCNC(=O)CN(c1cc(Cl)ccc1C)S(=O)(=O)c1ccc(C)cc1. The maximum atomic E-state index is 13.5. The first-order chi connectivity index (χ1) is 16.2. The molecule has 3 aromatic carbocycles. The molecule has 34 heavy (non-hydrogen) atoms. The average molecular weight is 503 g/mol. The number of amides is 1. The van der Waals surface area contributed by atoms with Gasteiger partial charge in [-0.2, -0.15) is 0 Å². The van der Waals surface area contributed by atoms with Crippen LogP contribution < -0.4 is 19.1 Å². The Hall–Kier alpha value is -3.23. The van der Waals surface area contributed by atoms with E-state index in [1.165, 1.54) is 12.1 Å². The summed E-state index contributed by atoms with van der Waals surface area (Å²) in [6, 6.07) is 18.6. The number of benzene rings is 3. The van der Waals surface area contributed by atoms with Gasteiger partial charge in [-0.15, -0.1) is 0 Å². The molecule has 0 fully saturated rings. The molecule has 180 valence electrons. The number of carbonyl (C=O) groups excluding carboxylic acids is 1. The topological polar surface area (TPSA) is 84.9 Å². The molecule has 0 aliphatic rings. The van der Waals surface area contributed by atoms with Crippen LogP contribution >= 0.6 is 11.6 Å². The lowest BCUT2D eigenvalue weighted by Crippen LogP contribution is -2.42. The fourth-order valence-corrected chi connectivity index (χ4v) is 4.91. The van der Waals surface area contributed by atoms with Crippen LogP contribution in [0.2, 0.25) is 5.02 Å². The van der Waals surface area contributed by atoms with Crippen LogP contribution in [0, 0.1) is 13.8 Å². The Kier molecular flexibility index (Phi) is 8.41. The molecule has 0 saturated heterocycles. The number of aryl methyl sites for hydroxylation is 2. The van der Waals surface area contributed by atoms with Crippen LogP contribution in [0.25, 0.3) is 0 Å². The van der Waals surface area contributed by atoms with E-state index >= 15 is 0 Å². The molecule has 9 heteroatoms. The van der Waals surface area contributed by atoms with E-state index in [9.17, 15) is 13.2 Å². The molecule has 0 heterocycles. The van der Waals surface area contributed by atoms with E-state index in [0.29, 0.717) is 27.8 Å². The fraction of sp³-hybridized carbons (Fsp3) is 0.240. The van der Waals surface area contributed by atoms with Crippen LogP contribution in [-0.2, 0) is 14.8 Å². The maximum absolute atomic E-state index is 13.5. The standard InChI is InChI=1S/C25H27ClN2O5S/c1-18-8-12-21(13-9-18)34(30,31)28(22-16-20(26)11-10-19(22)2)17-25(29)27-14-15-33-24-7-5-4-6-23(24)32-3/h4-13,16H,14-15,17H2,1-3H3,(H,27,29). The van der Waals surface area contributed by atoms with Crippen molar-refractivity contribution in [3.8, 4) is 11.5 Å². The van der Waals surface area contributed by atoms with Crippen molar-refractivity contribution < 1.29 is 22.7 Å². The molecule has 0 bridgehead atoms. The van der Waals surface area contributed by atoms with Gasteiger partial charge in [0.15, 0.2) is 11.5 Å². The van der Waals surface area contributed by atoms with Crippen molar-refractivity contribution in [2.75, 3.05) is 31.1 Å². The Bertz CT molecular complexity index is 1250. The molecule has 0 radical (unpaired) electrons. The lowest BCUT2D eigenvalue weighted by Gasteiger charge is -2.26. The van der Waals surface area contributed by atoms with Crippen molar-refractivity contribution in [1.29, 1.82) is 0 Å². The third kappa shape index (κ3) is 6.21. The van der Waals surface area contributed by atoms with Crippen molar-refractivity contribution >= 4 is 33.2 Å². The van der Waals surface area contributed by atoms with Gasteiger partial charge in [-0.05, 0) is 55.8 Å². The second-order valence-electron chi connectivity index (χ2n) is 7.60. The summed E-state index contributed by atoms with van der Waals surface area (Å²) in [6.07, 6.45) is 0. The summed E-state index contributed by atoms with van der Waals surface area (Å²) in [5.41, 5.74) is 1.94. The second kappa shape index (κ2) is 11.3. The predicted octanol–water partition coefficient (Wildman–Crippen LogP) is 4.36. The number of methoxy groups -OCH3 is 1. The highest BCUT2D eigenvalue weighted by atomic mass is 35.5. The van der Waals surface area contributed by atoms with Crippen LogP contribution in [0.5, 0.6) is 11.5 Å². The van der Waals surface area contributed by atoms with Crippen LogP contribution in [0.3, 0.4) is 0 Å². The molecular weight excluding hydrogens is 476 g/mol. The summed E-state index contributed by atoms with van der Waals surface area (Å²) in [4.78, 5) is 12.8. The van der Waals surface area contributed by atoms with Crippen LogP contribution in [0.4, 0.5) is 5.69 Å². The molecular formula is C25H27ClN2O5S. The minimum absolute atomic E-state index is 0.0878. The van der Waals surface area contributed by atoms with Gasteiger partial charge in [0.2, 0.25) is 5.91 Å². The molecule has 0 aromatic heterocycles. The van der Waals surface area contributed by atoms with Gasteiger partial charge in [0.25, 0.3) is 10.0 Å². The van der Waals surface area contributed by atoms with Crippen molar-refractivity contribution in [3.63, 3.8) is 0 Å². The zero-order valence-electron chi connectivity index (χ0n) is 19.2. The Morgan fingerprint density at radius 1 is 1.00 bits per heavy atom. The molecule has 0 aliphatic heterocycles. The quantitative estimate of drug-likeness (QED) is 0.416. The van der Waals surface area contributed by atoms with Crippen LogP contribution in [0.15, 0.2) is 71.6 Å². The molecule has 0 aliphatic carbocycles. The summed E-state index contributed by atoms with van der Waals surface area (Å²) in [5, 5.41) is 3.08. The van der Waals surface area contributed by atoms with E-state index in [1.54, 1.807) is 56.5 Å². The zero-order chi connectivity index (χ0) is 24.7. The van der Waals surface area contributed by atoms with Gasteiger partial charge < -0.3 is 14.8 Å². The van der Waals surface area contributed by atoms with Gasteiger partial charge in [0, 0.05) is 5.02 Å². The van der Waals surface area contributed by atoms with E-state index in [2.05, 4.69) is 5.32 Å². The number of halogens is 1. The molecule has 3 aromatic rings. The first kappa shape index (κ1) is 25.4. The van der Waals surface area contributed by atoms with Crippen molar-refractivity contribution in [1.82, 2.24) is 5.32 Å². The largest absolute Gasteiger partial charge is 0.493 e. The molecule has 1 amide bonds. The predicted molar refractivity (Wildman–Crippen MR) is 133 cm³/mol. The highest BCUT2D eigenvalue weighted by Crippen LogP contribution is 2.29. The van der Waals surface area contributed by atoms with Crippen LogP contribution in [0.1, 0.15) is 11.1 Å². The lowest BCUT2D eigenvalue weighted by molar-refractivity contribution is -0.119. The molecule has 0 atom stereocenters. The summed E-state index contributed by atoms with van der Waals surface area (Å²) in [6.45, 7) is 3.60. The van der Waals surface area contributed by atoms with Crippen LogP contribution in [-0.4, -0.2) is 41.1 Å². The van der Waals surface area contributed by atoms with Crippen molar-refractivity contribution in [2.45, 2.75) is 18.7 Å². The van der Waals surface area contributed by atoms with Gasteiger partial charge in [0.05, 0.1) is 24.2 Å². The summed E-state index contributed by atoms with van der Waals surface area (Å²) in [5.74, 6) is 0.664. The zero-order valence-corrected chi connectivity index (χ0v) is 20.8. The number of anilines is 1. The average Bonchev–Trinajstić information content (AvgIpc) is 2.82.